The molecule has 1 aromatic carbocycles. The van der Waals surface area contributed by atoms with Crippen molar-refractivity contribution in [2.45, 2.75) is 6.04 Å². The molecule has 0 aliphatic carbocycles. The number of nitrogens with one attached hydrogen (secondary N) is 1. The zero-order valence-electron chi connectivity index (χ0n) is 9.96. The Morgan fingerprint density at radius 3 is 2.47 bits per heavy atom. The quantitative estimate of drug-likeness (QED) is 0.872. The maximum atomic E-state index is 12.8. The van der Waals surface area contributed by atoms with Gasteiger partial charge < -0.3 is 15.3 Å². The molecular weight excluding hydrogens is 275 g/mol. The van der Waals surface area contributed by atoms with Crippen molar-refractivity contribution in [2.75, 3.05) is 7.05 Å². The van der Waals surface area contributed by atoms with E-state index in [2.05, 4.69) is 5.32 Å². The van der Waals surface area contributed by atoms with Crippen LogP contribution in [0.4, 0.5) is 9.18 Å². The van der Waals surface area contributed by atoms with E-state index < -0.39 is 23.9 Å². The topological polar surface area (TPSA) is 69.6 Å². The number of carboxylic acids is 1. The van der Waals surface area contributed by atoms with Gasteiger partial charge in [0.15, 0.2) is 0 Å². The number of carbonyl (C=O) groups excluding carboxylic acids is 1. The first-order chi connectivity index (χ1) is 8.49. The second-order valence-electron chi connectivity index (χ2n) is 3.93. The highest BCUT2D eigenvalue weighted by molar-refractivity contribution is 5.92. The van der Waals surface area contributed by atoms with Gasteiger partial charge >= 0.3 is 12.0 Å². The highest BCUT2D eigenvalue weighted by Crippen LogP contribution is 2.25. The van der Waals surface area contributed by atoms with E-state index in [1.54, 1.807) is 0 Å². The van der Waals surface area contributed by atoms with E-state index in [0.717, 1.165) is 4.90 Å². The van der Waals surface area contributed by atoms with Gasteiger partial charge in [0.1, 0.15) is 5.82 Å². The number of nitrogens with zero attached hydrogens (tertiary/aromatic N) is 1. The van der Waals surface area contributed by atoms with Crippen molar-refractivity contribution in [1.29, 1.82) is 0 Å². The van der Waals surface area contributed by atoms with Crippen LogP contribution in [-0.2, 0) is 4.79 Å². The Morgan fingerprint density at radius 1 is 1.37 bits per heavy atom. The molecule has 1 aromatic rings. The molecule has 1 heterocycles. The number of carboxylic acid groups (broad SMARTS) is 1. The summed E-state index contributed by atoms with van der Waals surface area (Å²) in [6.45, 7) is 0. The van der Waals surface area contributed by atoms with Crippen LogP contribution in [0.1, 0.15) is 11.6 Å². The third-order valence-corrected chi connectivity index (χ3v) is 2.68. The molecule has 0 saturated heterocycles. The van der Waals surface area contributed by atoms with E-state index in [1.165, 1.54) is 37.5 Å². The van der Waals surface area contributed by atoms with Gasteiger partial charge in [-0.15, -0.1) is 12.4 Å². The Morgan fingerprint density at radius 2 is 1.95 bits per heavy atom. The summed E-state index contributed by atoms with van der Waals surface area (Å²) in [5.74, 6) is -1.55. The van der Waals surface area contributed by atoms with Gasteiger partial charge in [-0.2, -0.15) is 0 Å². The number of amides is 2. The van der Waals surface area contributed by atoms with Gasteiger partial charge in [0.05, 0.1) is 11.6 Å². The lowest BCUT2D eigenvalue weighted by atomic mass is 9.98. The van der Waals surface area contributed by atoms with E-state index in [9.17, 15) is 14.0 Å². The molecule has 7 heteroatoms. The van der Waals surface area contributed by atoms with Gasteiger partial charge in [0, 0.05) is 13.2 Å². The number of halogens is 2. The molecule has 2 amide bonds. The van der Waals surface area contributed by atoms with E-state index in [-0.39, 0.29) is 18.0 Å². The first-order valence-electron chi connectivity index (χ1n) is 5.23. The van der Waals surface area contributed by atoms with Gasteiger partial charge in [0.2, 0.25) is 0 Å². The lowest BCUT2D eigenvalue weighted by molar-refractivity contribution is -0.133. The first kappa shape index (κ1) is 15.0. The third-order valence-electron chi connectivity index (χ3n) is 2.68. The molecule has 102 valence electrons. The Balaban J connectivity index is 0.00000180. The molecule has 1 aliphatic heterocycles. The second kappa shape index (κ2) is 5.71. The molecule has 1 unspecified atom stereocenters. The summed E-state index contributed by atoms with van der Waals surface area (Å²) in [7, 11) is 1.46. The molecule has 0 fully saturated rings. The maximum Gasteiger partial charge on any atom is 0.335 e. The number of hydrogen-bond donors (Lipinski definition) is 2. The van der Waals surface area contributed by atoms with Crippen LogP contribution >= 0.6 is 12.4 Å². The minimum absolute atomic E-state index is 0. The first-order valence-corrected chi connectivity index (χ1v) is 5.23. The van der Waals surface area contributed by atoms with E-state index in [0.29, 0.717) is 5.56 Å². The maximum absolute atomic E-state index is 12.8. The normalized spacial score (nSPS) is 18.2. The van der Waals surface area contributed by atoms with E-state index in [4.69, 9.17) is 5.11 Å². The highest BCUT2D eigenvalue weighted by Gasteiger charge is 2.30. The molecule has 0 radical (unpaired) electrons. The SMILES string of the molecule is CN1C=C(C(=O)O)C(c2ccc(F)cc2)NC1=O.Cl. The van der Waals surface area contributed by atoms with Crippen LogP contribution in [0.15, 0.2) is 36.0 Å². The smallest absolute Gasteiger partial charge is 0.335 e. The number of benzene rings is 1. The predicted molar refractivity (Wildman–Crippen MR) is 68.4 cm³/mol. The molecule has 0 aromatic heterocycles. The molecule has 2 rings (SSSR count). The molecule has 0 spiro atoms. The Kier molecular flexibility index (Phi) is 4.50. The van der Waals surface area contributed by atoms with Crippen LogP contribution in [0.2, 0.25) is 0 Å². The standard InChI is InChI=1S/C12H11FN2O3.ClH/c1-15-6-9(11(16)17)10(14-12(15)18)7-2-4-8(13)5-3-7;/h2-6,10H,1H3,(H,14,18)(H,16,17);1H. The van der Waals surface area contributed by atoms with E-state index >= 15 is 0 Å². The number of aliphatic carboxylic acids is 1. The minimum atomic E-state index is -1.13. The molecule has 0 bridgehead atoms. The number of carbonyl (C=O) groups is 2. The number of hydrogen-bond acceptors (Lipinski definition) is 2. The lowest BCUT2D eigenvalue weighted by Crippen LogP contribution is -2.43. The van der Waals surface area contributed by atoms with Gasteiger partial charge in [-0.1, -0.05) is 12.1 Å². The third kappa shape index (κ3) is 3.03. The van der Waals surface area contributed by atoms with Crippen molar-refractivity contribution >= 4 is 24.4 Å². The Labute approximate surface area is 115 Å². The van der Waals surface area contributed by atoms with E-state index in [1.807, 2.05) is 0 Å². The van der Waals surface area contributed by atoms with Crippen LogP contribution in [0.3, 0.4) is 0 Å². The monoisotopic (exact) mass is 286 g/mol. The lowest BCUT2D eigenvalue weighted by Gasteiger charge is -2.28. The van der Waals surface area contributed by atoms with Crippen LogP contribution in [0, 0.1) is 5.82 Å². The number of urea groups is 1. The molecule has 5 nitrogen and oxygen atoms in total. The average Bonchev–Trinajstić information content (AvgIpc) is 2.33. The minimum Gasteiger partial charge on any atom is -0.478 e. The molecule has 0 saturated carbocycles. The summed E-state index contributed by atoms with van der Waals surface area (Å²) in [5.41, 5.74) is 0.551. The fraction of sp³-hybridized carbons (Fsp3) is 0.167. The van der Waals surface area contributed by atoms with Gasteiger partial charge in [-0.3, -0.25) is 0 Å². The van der Waals surface area contributed by atoms with Crippen molar-refractivity contribution in [2.24, 2.45) is 0 Å². The molecule has 19 heavy (non-hydrogen) atoms. The highest BCUT2D eigenvalue weighted by atomic mass is 35.5. The van der Waals surface area contributed by atoms with Gasteiger partial charge in [-0.25, -0.2) is 14.0 Å². The van der Waals surface area contributed by atoms with Crippen molar-refractivity contribution in [3.05, 3.63) is 47.4 Å². The fourth-order valence-electron chi connectivity index (χ4n) is 1.74. The number of rotatable bonds is 2. The van der Waals surface area contributed by atoms with Gasteiger partial charge in [-0.05, 0) is 17.7 Å². The second-order valence-corrected chi connectivity index (χ2v) is 3.93. The van der Waals surface area contributed by atoms with Crippen molar-refractivity contribution in [3.63, 3.8) is 0 Å². The predicted octanol–water partition coefficient (Wildman–Crippen LogP) is 1.91. The summed E-state index contributed by atoms with van der Waals surface area (Å²) in [4.78, 5) is 23.8. The Hall–Kier alpha value is -2.08. The summed E-state index contributed by atoms with van der Waals surface area (Å²) in [5, 5.41) is 11.7. The largest absolute Gasteiger partial charge is 0.478 e. The average molecular weight is 287 g/mol. The van der Waals surface area contributed by atoms with Crippen molar-refractivity contribution < 1.29 is 19.1 Å². The summed E-state index contributed by atoms with van der Waals surface area (Å²) >= 11 is 0. The molecule has 1 atom stereocenters. The molecule has 1 aliphatic rings. The van der Waals surface area contributed by atoms with Crippen LogP contribution in [0.5, 0.6) is 0 Å². The zero-order valence-corrected chi connectivity index (χ0v) is 10.8. The molecular formula is C12H12ClFN2O3. The summed E-state index contributed by atoms with van der Waals surface area (Å²) in [6.07, 6.45) is 1.26. The van der Waals surface area contributed by atoms with Crippen molar-refractivity contribution in [1.82, 2.24) is 10.2 Å². The Bertz CT molecular complexity index is 530. The van der Waals surface area contributed by atoms with Crippen LogP contribution in [-0.4, -0.2) is 29.1 Å². The fourth-order valence-corrected chi connectivity index (χ4v) is 1.74. The summed E-state index contributed by atoms with van der Waals surface area (Å²) < 4.78 is 12.8. The van der Waals surface area contributed by atoms with Crippen LogP contribution < -0.4 is 5.32 Å². The van der Waals surface area contributed by atoms with Crippen LogP contribution in [0.25, 0.3) is 0 Å². The summed E-state index contributed by atoms with van der Waals surface area (Å²) in [6, 6.07) is 4.16. The van der Waals surface area contributed by atoms with Crippen molar-refractivity contribution in [3.8, 4) is 0 Å². The molecule has 2 N–H and O–H groups in total. The van der Waals surface area contributed by atoms with Gasteiger partial charge in [0.25, 0.3) is 0 Å². The zero-order chi connectivity index (χ0) is 13.3.